The van der Waals surface area contributed by atoms with E-state index in [9.17, 15) is 4.79 Å². The molecular weight excluding hydrogens is 268 g/mol. The summed E-state index contributed by atoms with van der Waals surface area (Å²) in [4.78, 5) is 15.7. The molecule has 1 heterocycles. The number of hydrogen-bond donors (Lipinski definition) is 1. The van der Waals surface area contributed by atoms with Gasteiger partial charge < -0.3 is 5.32 Å². The molecule has 0 aromatic carbocycles. The minimum absolute atomic E-state index is 0.0245. The molecule has 1 amide bonds. The topological polar surface area (TPSA) is 42.0 Å². The zero-order chi connectivity index (χ0) is 12.0. The van der Waals surface area contributed by atoms with E-state index in [1.165, 1.54) is 6.20 Å². The van der Waals surface area contributed by atoms with Crippen molar-refractivity contribution in [1.82, 2.24) is 10.3 Å². The third-order valence-electron chi connectivity index (χ3n) is 2.16. The summed E-state index contributed by atoms with van der Waals surface area (Å²) in [6.45, 7) is 1.99. The van der Waals surface area contributed by atoms with Crippen molar-refractivity contribution >= 4 is 21.8 Å². The molecule has 0 aliphatic heterocycles. The zero-order valence-corrected chi connectivity index (χ0v) is 10.6. The van der Waals surface area contributed by atoms with Crippen LogP contribution in [0.2, 0.25) is 0 Å². The van der Waals surface area contributed by atoms with Gasteiger partial charge in [0.1, 0.15) is 0 Å². The molecule has 0 saturated carbocycles. The molecule has 1 unspecified atom stereocenters. The monoisotopic (exact) mass is 280 g/mol. The van der Waals surface area contributed by atoms with Crippen LogP contribution in [0.3, 0.4) is 0 Å². The standard InChI is InChI=1S/C12H13BrN2O/c1-3-5-11(4-2)15-12(16)9-6-10(13)8-14-7-9/h1,6-8,11H,4-5H2,2H3,(H,15,16). The summed E-state index contributed by atoms with van der Waals surface area (Å²) in [5, 5.41) is 2.87. The Balaban J connectivity index is 2.68. The molecule has 0 fully saturated rings. The number of aromatic nitrogens is 1. The quantitative estimate of drug-likeness (QED) is 0.861. The van der Waals surface area contributed by atoms with E-state index < -0.39 is 0 Å². The molecule has 1 rings (SSSR count). The number of halogens is 1. The maximum atomic E-state index is 11.8. The van der Waals surface area contributed by atoms with Gasteiger partial charge in [-0.05, 0) is 28.4 Å². The summed E-state index contributed by atoms with van der Waals surface area (Å²) < 4.78 is 0.783. The molecule has 0 radical (unpaired) electrons. The Hall–Kier alpha value is -1.34. The molecular formula is C12H13BrN2O. The van der Waals surface area contributed by atoms with Crippen molar-refractivity contribution in [2.24, 2.45) is 0 Å². The van der Waals surface area contributed by atoms with E-state index in [-0.39, 0.29) is 11.9 Å². The summed E-state index contributed by atoms with van der Waals surface area (Å²) in [5.74, 6) is 2.40. The average molecular weight is 281 g/mol. The van der Waals surface area contributed by atoms with Crippen LogP contribution in [-0.4, -0.2) is 16.9 Å². The van der Waals surface area contributed by atoms with Crippen molar-refractivity contribution < 1.29 is 4.79 Å². The van der Waals surface area contributed by atoms with Gasteiger partial charge in [-0.1, -0.05) is 6.92 Å². The van der Waals surface area contributed by atoms with Crippen LogP contribution in [0, 0.1) is 12.3 Å². The van der Waals surface area contributed by atoms with E-state index in [0.29, 0.717) is 12.0 Å². The van der Waals surface area contributed by atoms with Crippen molar-refractivity contribution in [1.29, 1.82) is 0 Å². The van der Waals surface area contributed by atoms with Crippen LogP contribution in [0.25, 0.3) is 0 Å². The lowest BCUT2D eigenvalue weighted by atomic mass is 10.1. The molecule has 84 valence electrons. The first-order valence-electron chi connectivity index (χ1n) is 5.02. The SMILES string of the molecule is C#CCC(CC)NC(=O)c1cncc(Br)c1. The van der Waals surface area contributed by atoms with Crippen molar-refractivity contribution in [2.75, 3.05) is 0 Å². The number of amides is 1. The number of terminal acetylenes is 1. The molecule has 4 heteroatoms. The summed E-state index contributed by atoms with van der Waals surface area (Å²) in [6, 6.07) is 1.75. The van der Waals surface area contributed by atoms with Crippen LogP contribution in [0.5, 0.6) is 0 Å². The molecule has 3 nitrogen and oxygen atoms in total. The van der Waals surface area contributed by atoms with Gasteiger partial charge in [-0.25, -0.2) is 0 Å². The van der Waals surface area contributed by atoms with Gasteiger partial charge in [0.05, 0.1) is 5.56 Å². The highest BCUT2D eigenvalue weighted by atomic mass is 79.9. The number of pyridine rings is 1. The van der Waals surface area contributed by atoms with E-state index >= 15 is 0 Å². The second-order valence-electron chi connectivity index (χ2n) is 3.38. The molecule has 0 aliphatic rings. The largest absolute Gasteiger partial charge is 0.348 e. The van der Waals surface area contributed by atoms with E-state index in [2.05, 4.69) is 32.2 Å². The average Bonchev–Trinajstić information content (AvgIpc) is 2.28. The molecule has 0 aliphatic carbocycles. The zero-order valence-electron chi connectivity index (χ0n) is 9.03. The number of carbonyl (C=O) groups excluding carboxylic acids is 1. The fraction of sp³-hybridized carbons (Fsp3) is 0.333. The van der Waals surface area contributed by atoms with Gasteiger partial charge in [-0.2, -0.15) is 0 Å². The molecule has 1 atom stereocenters. The van der Waals surface area contributed by atoms with Gasteiger partial charge >= 0.3 is 0 Å². The molecule has 1 N–H and O–H groups in total. The number of rotatable bonds is 4. The van der Waals surface area contributed by atoms with Gasteiger partial charge in [0.25, 0.3) is 5.91 Å². The maximum absolute atomic E-state index is 11.8. The minimum atomic E-state index is -0.143. The predicted octanol–water partition coefficient (Wildman–Crippen LogP) is 2.38. The van der Waals surface area contributed by atoms with Crippen molar-refractivity contribution in [3.05, 3.63) is 28.5 Å². The van der Waals surface area contributed by atoms with E-state index in [0.717, 1.165) is 10.9 Å². The molecule has 1 aromatic heterocycles. The summed E-state index contributed by atoms with van der Waals surface area (Å²) in [5.41, 5.74) is 0.532. The molecule has 0 saturated heterocycles. The van der Waals surface area contributed by atoms with Gasteiger partial charge in [0, 0.05) is 29.3 Å². The van der Waals surface area contributed by atoms with Crippen LogP contribution in [-0.2, 0) is 0 Å². The van der Waals surface area contributed by atoms with Crippen LogP contribution < -0.4 is 5.32 Å². The molecule has 1 aromatic rings. The lowest BCUT2D eigenvalue weighted by Crippen LogP contribution is -2.34. The van der Waals surface area contributed by atoms with E-state index in [4.69, 9.17) is 6.42 Å². The van der Waals surface area contributed by atoms with Crippen molar-refractivity contribution in [2.45, 2.75) is 25.8 Å². The summed E-state index contributed by atoms with van der Waals surface area (Å²) in [6.07, 6.45) is 9.75. The first kappa shape index (κ1) is 12.7. The predicted molar refractivity (Wildman–Crippen MR) is 66.9 cm³/mol. The first-order chi connectivity index (χ1) is 7.67. The van der Waals surface area contributed by atoms with Crippen molar-refractivity contribution in [3.63, 3.8) is 0 Å². The Bertz CT molecular complexity index is 412. The lowest BCUT2D eigenvalue weighted by Gasteiger charge is -2.13. The van der Waals surface area contributed by atoms with Crippen molar-refractivity contribution in [3.8, 4) is 12.3 Å². The second-order valence-corrected chi connectivity index (χ2v) is 4.29. The van der Waals surface area contributed by atoms with Gasteiger partial charge in [-0.3, -0.25) is 9.78 Å². The molecule has 16 heavy (non-hydrogen) atoms. The highest BCUT2D eigenvalue weighted by Crippen LogP contribution is 2.10. The van der Waals surface area contributed by atoms with Crippen LogP contribution in [0.4, 0.5) is 0 Å². The highest BCUT2D eigenvalue weighted by molar-refractivity contribution is 9.10. The molecule has 0 bridgehead atoms. The second kappa shape index (κ2) is 6.29. The highest BCUT2D eigenvalue weighted by Gasteiger charge is 2.11. The third-order valence-corrected chi connectivity index (χ3v) is 2.59. The van der Waals surface area contributed by atoms with Crippen LogP contribution in [0.15, 0.2) is 22.9 Å². The third kappa shape index (κ3) is 3.67. The Morgan fingerprint density at radius 1 is 1.69 bits per heavy atom. The summed E-state index contributed by atoms with van der Waals surface area (Å²) >= 11 is 3.27. The Kier molecular flexibility index (Phi) is 5.00. The van der Waals surface area contributed by atoms with Gasteiger partial charge in [-0.15, -0.1) is 12.3 Å². The number of carbonyl (C=O) groups is 1. The number of nitrogens with zero attached hydrogens (tertiary/aromatic N) is 1. The lowest BCUT2D eigenvalue weighted by molar-refractivity contribution is 0.0936. The Morgan fingerprint density at radius 2 is 2.44 bits per heavy atom. The minimum Gasteiger partial charge on any atom is -0.348 e. The number of hydrogen-bond acceptors (Lipinski definition) is 2. The van der Waals surface area contributed by atoms with E-state index in [1.54, 1.807) is 12.3 Å². The van der Waals surface area contributed by atoms with Crippen LogP contribution in [0.1, 0.15) is 30.1 Å². The Morgan fingerprint density at radius 3 is 3.00 bits per heavy atom. The van der Waals surface area contributed by atoms with Gasteiger partial charge in [0.15, 0.2) is 0 Å². The normalized spacial score (nSPS) is 11.6. The fourth-order valence-electron chi connectivity index (χ4n) is 1.24. The van der Waals surface area contributed by atoms with Crippen LogP contribution >= 0.6 is 15.9 Å². The first-order valence-corrected chi connectivity index (χ1v) is 5.81. The Labute approximate surface area is 104 Å². The summed E-state index contributed by atoms with van der Waals surface area (Å²) in [7, 11) is 0. The fourth-order valence-corrected chi connectivity index (χ4v) is 1.61. The molecule has 0 spiro atoms. The smallest absolute Gasteiger partial charge is 0.253 e. The van der Waals surface area contributed by atoms with Gasteiger partial charge in [0.2, 0.25) is 0 Å². The number of nitrogens with one attached hydrogen (secondary N) is 1. The maximum Gasteiger partial charge on any atom is 0.253 e. The van der Waals surface area contributed by atoms with E-state index in [1.807, 2.05) is 6.92 Å².